The van der Waals surface area contributed by atoms with E-state index in [-0.39, 0.29) is 0 Å². The minimum absolute atomic E-state index is 0.462. The van der Waals surface area contributed by atoms with Gasteiger partial charge in [0.25, 0.3) is 0 Å². The van der Waals surface area contributed by atoms with Crippen LogP contribution in [-0.4, -0.2) is 11.3 Å². The number of hydrogen-bond donors (Lipinski definition) is 0. The molecule has 1 saturated carbocycles. The number of pyridine rings is 1. The molecule has 0 bridgehead atoms. The summed E-state index contributed by atoms with van der Waals surface area (Å²) < 4.78 is 0. The molecule has 0 N–H and O–H groups in total. The fourth-order valence-corrected chi connectivity index (χ4v) is 1.79. The molecule has 2 nitrogen and oxygen atoms in total. The summed E-state index contributed by atoms with van der Waals surface area (Å²) in [5.41, 5.74) is 1.03. The maximum absolute atomic E-state index is 10.3. The lowest BCUT2D eigenvalue weighted by molar-refractivity contribution is -0.108. The van der Waals surface area contributed by atoms with E-state index < -0.39 is 0 Å². The van der Waals surface area contributed by atoms with Gasteiger partial charge in [-0.2, -0.15) is 0 Å². The monoisotopic (exact) mass is 195 g/mol. The normalized spacial score (nSPS) is 25.6. The highest BCUT2D eigenvalue weighted by molar-refractivity contribution is 6.30. The van der Waals surface area contributed by atoms with Crippen LogP contribution in [0.1, 0.15) is 24.5 Å². The van der Waals surface area contributed by atoms with Crippen molar-refractivity contribution in [3.8, 4) is 0 Å². The van der Waals surface area contributed by atoms with Gasteiger partial charge in [0, 0.05) is 29.3 Å². The lowest BCUT2D eigenvalue weighted by Gasteiger charge is -1.97. The maximum Gasteiger partial charge on any atom is 0.120 e. The first kappa shape index (κ1) is 8.70. The molecule has 1 heterocycles. The van der Waals surface area contributed by atoms with Gasteiger partial charge in [-0.05, 0) is 24.5 Å². The molecule has 0 spiro atoms. The summed E-state index contributed by atoms with van der Waals surface area (Å²) in [5, 5.41) is 0.724. The van der Waals surface area contributed by atoms with E-state index in [1.54, 1.807) is 12.3 Å². The van der Waals surface area contributed by atoms with Crippen LogP contribution in [0, 0.1) is 5.92 Å². The summed E-state index contributed by atoms with van der Waals surface area (Å²) in [5.74, 6) is 0.965. The zero-order valence-electron chi connectivity index (χ0n) is 7.11. The Morgan fingerprint density at radius 1 is 1.69 bits per heavy atom. The van der Waals surface area contributed by atoms with Crippen molar-refractivity contribution in [2.75, 3.05) is 0 Å². The predicted octanol–water partition coefficient (Wildman–Crippen LogP) is 2.43. The van der Waals surface area contributed by atoms with Gasteiger partial charge in [0.2, 0.25) is 0 Å². The maximum atomic E-state index is 10.3. The molecule has 0 aliphatic heterocycles. The SMILES string of the molecule is O=CCC1CC1c1cc(Cl)ccn1. The van der Waals surface area contributed by atoms with Crippen LogP contribution in [-0.2, 0) is 4.79 Å². The Balaban J connectivity index is 2.07. The van der Waals surface area contributed by atoms with E-state index in [1.807, 2.05) is 6.07 Å². The summed E-state index contributed by atoms with van der Waals surface area (Å²) in [6.45, 7) is 0. The van der Waals surface area contributed by atoms with Crippen molar-refractivity contribution in [1.29, 1.82) is 0 Å². The average molecular weight is 196 g/mol. The number of nitrogens with zero attached hydrogens (tertiary/aromatic N) is 1. The van der Waals surface area contributed by atoms with Crippen molar-refractivity contribution < 1.29 is 4.79 Å². The Morgan fingerprint density at radius 3 is 3.23 bits per heavy atom. The van der Waals surface area contributed by atoms with Crippen LogP contribution in [0.25, 0.3) is 0 Å². The molecular weight excluding hydrogens is 186 g/mol. The number of carbonyl (C=O) groups is 1. The van der Waals surface area contributed by atoms with E-state index in [0.717, 1.165) is 23.4 Å². The molecule has 1 aliphatic carbocycles. The summed E-state index contributed by atoms with van der Waals surface area (Å²) in [7, 11) is 0. The van der Waals surface area contributed by atoms with Gasteiger partial charge in [-0.3, -0.25) is 4.98 Å². The van der Waals surface area contributed by atoms with Crippen molar-refractivity contribution in [2.24, 2.45) is 5.92 Å². The van der Waals surface area contributed by atoms with Crippen LogP contribution in [0.4, 0.5) is 0 Å². The van der Waals surface area contributed by atoms with Gasteiger partial charge < -0.3 is 4.79 Å². The highest BCUT2D eigenvalue weighted by Crippen LogP contribution is 2.48. The second-order valence-corrected chi connectivity index (χ2v) is 3.84. The Hall–Kier alpha value is -0.890. The minimum atomic E-state index is 0.462. The Bertz CT molecular complexity index is 326. The van der Waals surface area contributed by atoms with Gasteiger partial charge in [-0.25, -0.2) is 0 Å². The second kappa shape index (κ2) is 3.46. The molecule has 1 aromatic heterocycles. The number of aromatic nitrogens is 1. The van der Waals surface area contributed by atoms with Gasteiger partial charge in [0.1, 0.15) is 6.29 Å². The van der Waals surface area contributed by atoms with Crippen LogP contribution in [0.2, 0.25) is 5.02 Å². The second-order valence-electron chi connectivity index (χ2n) is 3.40. The minimum Gasteiger partial charge on any atom is -0.303 e. The number of aldehydes is 1. The largest absolute Gasteiger partial charge is 0.303 e. The number of hydrogen-bond acceptors (Lipinski definition) is 2. The smallest absolute Gasteiger partial charge is 0.120 e. The van der Waals surface area contributed by atoms with E-state index in [9.17, 15) is 4.79 Å². The lowest BCUT2D eigenvalue weighted by Crippen LogP contribution is -1.88. The van der Waals surface area contributed by atoms with E-state index in [4.69, 9.17) is 11.6 Å². The van der Waals surface area contributed by atoms with E-state index >= 15 is 0 Å². The standard InChI is InChI=1S/C10H10ClNO/c11-8-1-3-12-10(6-8)9-5-7(9)2-4-13/h1,3-4,6-7,9H,2,5H2. The molecule has 0 saturated heterocycles. The molecule has 1 fully saturated rings. The van der Waals surface area contributed by atoms with E-state index in [0.29, 0.717) is 18.3 Å². The Kier molecular flexibility index (Phi) is 2.32. The zero-order valence-corrected chi connectivity index (χ0v) is 7.87. The van der Waals surface area contributed by atoms with Gasteiger partial charge in [-0.1, -0.05) is 11.6 Å². The summed E-state index contributed by atoms with van der Waals surface area (Å²) in [4.78, 5) is 14.5. The van der Waals surface area contributed by atoms with Crippen molar-refractivity contribution in [3.63, 3.8) is 0 Å². The van der Waals surface area contributed by atoms with Gasteiger partial charge >= 0.3 is 0 Å². The molecular formula is C10H10ClNO. The number of carbonyl (C=O) groups excluding carboxylic acids is 1. The predicted molar refractivity (Wildman–Crippen MR) is 50.8 cm³/mol. The average Bonchev–Trinajstić information content (AvgIpc) is 2.85. The molecule has 0 radical (unpaired) electrons. The zero-order chi connectivity index (χ0) is 9.26. The third-order valence-electron chi connectivity index (χ3n) is 2.44. The van der Waals surface area contributed by atoms with Crippen LogP contribution < -0.4 is 0 Å². The van der Waals surface area contributed by atoms with Crippen LogP contribution in [0.15, 0.2) is 18.3 Å². The first-order valence-electron chi connectivity index (χ1n) is 4.36. The third kappa shape index (κ3) is 1.89. The van der Waals surface area contributed by atoms with Crippen LogP contribution in [0.5, 0.6) is 0 Å². The van der Waals surface area contributed by atoms with Gasteiger partial charge in [-0.15, -0.1) is 0 Å². The lowest BCUT2D eigenvalue weighted by atomic mass is 10.2. The fraction of sp³-hybridized carbons (Fsp3) is 0.400. The topological polar surface area (TPSA) is 30.0 Å². The quantitative estimate of drug-likeness (QED) is 0.694. The van der Waals surface area contributed by atoms with E-state index in [2.05, 4.69) is 4.98 Å². The van der Waals surface area contributed by atoms with Gasteiger partial charge in [0.05, 0.1) is 0 Å². The molecule has 2 unspecified atom stereocenters. The summed E-state index contributed by atoms with van der Waals surface area (Å²) in [6, 6.07) is 3.65. The van der Waals surface area contributed by atoms with E-state index in [1.165, 1.54) is 0 Å². The highest BCUT2D eigenvalue weighted by atomic mass is 35.5. The van der Waals surface area contributed by atoms with Crippen LogP contribution >= 0.6 is 11.6 Å². The first-order valence-corrected chi connectivity index (χ1v) is 4.74. The Labute approximate surface area is 81.9 Å². The third-order valence-corrected chi connectivity index (χ3v) is 2.68. The molecule has 1 aliphatic rings. The summed E-state index contributed by atoms with van der Waals surface area (Å²) in [6.07, 6.45) is 4.42. The van der Waals surface area contributed by atoms with Crippen molar-refractivity contribution >= 4 is 17.9 Å². The molecule has 13 heavy (non-hydrogen) atoms. The highest BCUT2D eigenvalue weighted by Gasteiger charge is 2.38. The summed E-state index contributed by atoms with van der Waals surface area (Å²) >= 11 is 5.83. The molecule has 0 aromatic carbocycles. The molecule has 3 heteroatoms. The van der Waals surface area contributed by atoms with Gasteiger partial charge in [0.15, 0.2) is 0 Å². The van der Waals surface area contributed by atoms with Crippen molar-refractivity contribution in [2.45, 2.75) is 18.8 Å². The molecule has 2 atom stereocenters. The molecule has 1 aromatic rings. The molecule has 0 amide bonds. The fourth-order valence-electron chi connectivity index (χ4n) is 1.62. The van der Waals surface area contributed by atoms with Crippen molar-refractivity contribution in [3.05, 3.63) is 29.0 Å². The number of halogens is 1. The van der Waals surface area contributed by atoms with Crippen molar-refractivity contribution in [1.82, 2.24) is 4.98 Å². The Morgan fingerprint density at radius 2 is 2.54 bits per heavy atom. The van der Waals surface area contributed by atoms with Crippen LogP contribution in [0.3, 0.4) is 0 Å². The molecule has 2 rings (SSSR count). The molecule has 68 valence electrons. The number of rotatable bonds is 3. The first-order chi connectivity index (χ1) is 6.31.